The Kier molecular flexibility index (Phi) is 9.78. The van der Waals surface area contributed by atoms with E-state index in [1.165, 1.54) is 25.7 Å². The Morgan fingerprint density at radius 3 is 2.24 bits per heavy atom. The van der Waals surface area contributed by atoms with Gasteiger partial charge in [-0.25, -0.2) is 8.42 Å². The third-order valence-electron chi connectivity index (χ3n) is 3.09. The highest BCUT2D eigenvalue weighted by Gasteiger charge is 2.10. The average molecular weight is 264 g/mol. The van der Waals surface area contributed by atoms with Crippen LogP contribution in [0.5, 0.6) is 0 Å². The van der Waals surface area contributed by atoms with Crippen molar-refractivity contribution < 1.29 is 8.42 Å². The minimum absolute atomic E-state index is 0.240. The summed E-state index contributed by atoms with van der Waals surface area (Å²) in [4.78, 5) is 0. The first-order chi connectivity index (χ1) is 8.05. The molecule has 0 spiro atoms. The number of hydrazine groups is 1. The summed E-state index contributed by atoms with van der Waals surface area (Å²) in [5.74, 6) is 6.00. The molecular weight excluding hydrogens is 236 g/mol. The van der Waals surface area contributed by atoms with E-state index in [4.69, 9.17) is 5.84 Å². The Balaban J connectivity index is 3.68. The molecule has 0 aliphatic rings. The fourth-order valence-corrected chi connectivity index (χ4v) is 2.72. The molecule has 0 fully saturated rings. The second-order valence-corrected chi connectivity index (χ2v) is 7.06. The van der Waals surface area contributed by atoms with Gasteiger partial charge in [0.2, 0.25) is 0 Å². The van der Waals surface area contributed by atoms with E-state index >= 15 is 0 Å². The van der Waals surface area contributed by atoms with Crippen molar-refractivity contribution >= 4 is 9.84 Å². The lowest BCUT2D eigenvalue weighted by molar-refractivity contribution is 0.437. The lowest BCUT2D eigenvalue weighted by atomic mass is 10.0. The molecule has 4 nitrogen and oxygen atoms in total. The van der Waals surface area contributed by atoms with Crippen molar-refractivity contribution in [3.63, 3.8) is 0 Å². The first kappa shape index (κ1) is 16.9. The van der Waals surface area contributed by atoms with Gasteiger partial charge in [-0.1, -0.05) is 39.5 Å². The van der Waals surface area contributed by atoms with Crippen molar-refractivity contribution in [1.29, 1.82) is 0 Å². The summed E-state index contributed by atoms with van der Waals surface area (Å²) in [5, 5.41) is 0. The molecule has 1 unspecified atom stereocenters. The first-order valence-electron chi connectivity index (χ1n) is 6.72. The van der Waals surface area contributed by atoms with Gasteiger partial charge < -0.3 is 0 Å². The van der Waals surface area contributed by atoms with Crippen LogP contribution < -0.4 is 11.3 Å². The third kappa shape index (κ3) is 9.56. The number of unbranched alkanes of at least 4 members (excludes halogenated alkanes) is 3. The van der Waals surface area contributed by atoms with Gasteiger partial charge in [0.25, 0.3) is 0 Å². The van der Waals surface area contributed by atoms with Crippen LogP contribution in [0, 0.1) is 0 Å². The predicted molar refractivity (Wildman–Crippen MR) is 73.4 cm³/mol. The summed E-state index contributed by atoms with van der Waals surface area (Å²) >= 11 is 0. The zero-order valence-corrected chi connectivity index (χ0v) is 12.1. The van der Waals surface area contributed by atoms with E-state index < -0.39 is 9.84 Å². The Morgan fingerprint density at radius 1 is 1.06 bits per heavy atom. The van der Waals surface area contributed by atoms with Crippen LogP contribution in [0.4, 0.5) is 0 Å². The number of hydrogen-bond acceptors (Lipinski definition) is 4. The second-order valence-electron chi connectivity index (χ2n) is 4.59. The molecule has 5 heteroatoms. The molecule has 0 aromatic carbocycles. The van der Waals surface area contributed by atoms with Crippen molar-refractivity contribution in [2.45, 2.75) is 64.8 Å². The molecule has 3 N–H and O–H groups in total. The second kappa shape index (κ2) is 9.85. The summed E-state index contributed by atoms with van der Waals surface area (Å²) in [6.07, 6.45) is 7.51. The molecule has 0 saturated heterocycles. The van der Waals surface area contributed by atoms with Gasteiger partial charge >= 0.3 is 0 Å². The van der Waals surface area contributed by atoms with E-state index in [0.29, 0.717) is 6.42 Å². The number of rotatable bonds is 11. The zero-order chi connectivity index (χ0) is 13.1. The van der Waals surface area contributed by atoms with Gasteiger partial charge in [0, 0.05) is 11.8 Å². The van der Waals surface area contributed by atoms with E-state index in [-0.39, 0.29) is 17.5 Å². The number of hydrogen-bond donors (Lipinski definition) is 2. The van der Waals surface area contributed by atoms with Crippen molar-refractivity contribution in [3.05, 3.63) is 0 Å². The van der Waals surface area contributed by atoms with Gasteiger partial charge in [-0.3, -0.25) is 11.3 Å². The van der Waals surface area contributed by atoms with Crippen molar-refractivity contribution in [2.24, 2.45) is 5.84 Å². The fourth-order valence-electron chi connectivity index (χ4n) is 1.82. The standard InChI is InChI=1S/C12H28N2O2S/c1-3-5-6-7-9-12(14-13)10-8-11-17(15,16)4-2/h12,14H,3-11,13H2,1-2H3. The number of nitrogens with one attached hydrogen (secondary N) is 1. The van der Waals surface area contributed by atoms with E-state index in [2.05, 4.69) is 12.3 Å². The van der Waals surface area contributed by atoms with Crippen LogP contribution in [0.3, 0.4) is 0 Å². The molecule has 0 aliphatic heterocycles. The van der Waals surface area contributed by atoms with E-state index in [1.54, 1.807) is 6.92 Å². The molecule has 0 aromatic heterocycles. The topological polar surface area (TPSA) is 72.2 Å². The molecule has 0 aromatic rings. The van der Waals surface area contributed by atoms with Crippen LogP contribution in [0.1, 0.15) is 58.8 Å². The van der Waals surface area contributed by atoms with Gasteiger partial charge in [-0.05, 0) is 19.3 Å². The molecule has 0 heterocycles. The largest absolute Gasteiger partial charge is 0.271 e. The lowest BCUT2D eigenvalue weighted by Crippen LogP contribution is -2.35. The quantitative estimate of drug-likeness (QED) is 0.340. The molecular formula is C12H28N2O2S. The minimum Gasteiger partial charge on any atom is -0.271 e. The van der Waals surface area contributed by atoms with Crippen molar-refractivity contribution in [2.75, 3.05) is 11.5 Å². The average Bonchev–Trinajstić information content (AvgIpc) is 2.32. The lowest BCUT2D eigenvalue weighted by Gasteiger charge is -2.15. The summed E-state index contributed by atoms with van der Waals surface area (Å²) in [5.41, 5.74) is 2.79. The Labute approximate surface area is 106 Å². The highest BCUT2D eigenvalue weighted by Crippen LogP contribution is 2.10. The minimum atomic E-state index is -2.82. The van der Waals surface area contributed by atoms with Gasteiger partial charge in [-0.15, -0.1) is 0 Å². The molecule has 0 aliphatic carbocycles. The van der Waals surface area contributed by atoms with Crippen LogP contribution >= 0.6 is 0 Å². The highest BCUT2D eigenvalue weighted by atomic mass is 32.2. The Morgan fingerprint density at radius 2 is 1.71 bits per heavy atom. The Hall–Kier alpha value is -0.130. The molecule has 0 amide bonds. The van der Waals surface area contributed by atoms with E-state index in [0.717, 1.165) is 12.8 Å². The first-order valence-corrected chi connectivity index (χ1v) is 8.54. The smallest absolute Gasteiger partial charge is 0.150 e. The summed E-state index contributed by atoms with van der Waals surface area (Å²) in [6, 6.07) is 0.263. The fraction of sp³-hybridized carbons (Fsp3) is 1.00. The zero-order valence-electron chi connectivity index (χ0n) is 11.2. The van der Waals surface area contributed by atoms with E-state index in [9.17, 15) is 8.42 Å². The van der Waals surface area contributed by atoms with Crippen molar-refractivity contribution in [3.8, 4) is 0 Å². The number of sulfone groups is 1. The monoisotopic (exact) mass is 264 g/mol. The van der Waals surface area contributed by atoms with Gasteiger partial charge in [0.05, 0.1) is 5.75 Å². The Bertz CT molecular complexity index is 266. The maximum atomic E-state index is 11.3. The molecule has 0 bridgehead atoms. The number of nitrogens with two attached hydrogens (primary N) is 1. The van der Waals surface area contributed by atoms with Gasteiger partial charge in [0.1, 0.15) is 9.84 Å². The van der Waals surface area contributed by atoms with Crippen LogP contribution in [0.25, 0.3) is 0 Å². The van der Waals surface area contributed by atoms with Crippen LogP contribution in [0.15, 0.2) is 0 Å². The maximum Gasteiger partial charge on any atom is 0.150 e. The predicted octanol–water partition coefficient (Wildman–Crippen LogP) is 2.00. The molecule has 0 saturated carbocycles. The molecule has 104 valence electrons. The molecule has 0 rings (SSSR count). The van der Waals surface area contributed by atoms with Crippen LogP contribution in [-0.2, 0) is 9.84 Å². The van der Waals surface area contributed by atoms with Gasteiger partial charge in [-0.2, -0.15) is 0 Å². The summed E-state index contributed by atoms with van der Waals surface area (Å²) in [7, 11) is -2.82. The highest BCUT2D eigenvalue weighted by molar-refractivity contribution is 7.91. The van der Waals surface area contributed by atoms with Crippen LogP contribution in [0.2, 0.25) is 0 Å². The van der Waals surface area contributed by atoms with Gasteiger partial charge in [0.15, 0.2) is 0 Å². The van der Waals surface area contributed by atoms with E-state index in [1.807, 2.05) is 0 Å². The summed E-state index contributed by atoms with van der Waals surface area (Å²) in [6.45, 7) is 3.88. The molecule has 17 heavy (non-hydrogen) atoms. The normalized spacial score (nSPS) is 13.8. The molecule has 0 radical (unpaired) electrons. The molecule has 1 atom stereocenters. The van der Waals surface area contributed by atoms with Crippen molar-refractivity contribution in [1.82, 2.24) is 5.43 Å². The maximum absolute atomic E-state index is 11.3. The SMILES string of the molecule is CCCCCCC(CCCS(=O)(=O)CC)NN. The summed E-state index contributed by atoms with van der Waals surface area (Å²) < 4.78 is 22.6. The van der Waals surface area contributed by atoms with Crippen LogP contribution in [-0.4, -0.2) is 26.0 Å². The third-order valence-corrected chi connectivity index (χ3v) is 4.88.